The summed E-state index contributed by atoms with van der Waals surface area (Å²) in [6.45, 7) is 7.86. The molecule has 0 heterocycles. The Bertz CT molecular complexity index is 521. The van der Waals surface area contributed by atoms with Crippen LogP contribution in [0.15, 0.2) is 24.3 Å². The molecule has 1 aromatic rings. The monoisotopic (exact) mass is 347 g/mol. The molecule has 0 aliphatic carbocycles. The van der Waals surface area contributed by atoms with Crippen molar-refractivity contribution in [3.63, 3.8) is 0 Å². The molecule has 0 bridgehead atoms. The smallest absolute Gasteiger partial charge is 0.319 e. The number of aryl methyl sites for hydroxylation is 1. The predicted molar refractivity (Wildman–Crippen MR) is 104 cm³/mol. The predicted octanol–water partition coefficient (Wildman–Crippen LogP) is 4.33. The summed E-state index contributed by atoms with van der Waals surface area (Å²) in [5.74, 6) is -0.00778. The largest absolute Gasteiger partial charge is 0.341 e. The first-order valence-electron chi connectivity index (χ1n) is 9.46. The minimum Gasteiger partial charge on any atom is -0.341 e. The van der Waals surface area contributed by atoms with Crippen LogP contribution >= 0.6 is 0 Å². The zero-order valence-electron chi connectivity index (χ0n) is 15.9. The summed E-state index contributed by atoms with van der Waals surface area (Å²) in [7, 11) is 0. The number of hydrogen-bond acceptors (Lipinski definition) is 2. The number of nitrogens with one attached hydrogen (secondary N) is 2. The van der Waals surface area contributed by atoms with Crippen LogP contribution in [0.3, 0.4) is 0 Å². The van der Waals surface area contributed by atoms with Crippen LogP contribution in [0.5, 0.6) is 0 Å². The summed E-state index contributed by atoms with van der Waals surface area (Å²) < 4.78 is 0. The first-order chi connectivity index (χ1) is 12.1. The molecule has 0 aliphatic heterocycles. The summed E-state index contributed by atoms with van der Waals surface area (Å²) in [6, 6.07) is 7.23. The Morgan fingerprint density at radius 3 is 2.20 bits per heavy atom. The van der Waals surface area contributed by atoms with Gasteiger partial charge in [0, 0.05) is 18.8 Å². The number of unbranched alkanes of at least 4 members (excludes halogenated alkanes) is 4. The van der Waals surface area contributed by atoms with Gasteiger partial charge in [0.15, 0.2) is 0 Å². The maximum atomic E-state index is 12.4. The SMILES string of the molecule is CCCCCN(CCCCC)C(=O)CNC(=O)Nc1cccc(C)c1. The lowest BCUT2D eigenvalue weighted by Crippen LogP contribution is -2.42. The van der Waals surface area contributed by atoms with E-state index in [4.69, 9.17) is 0 Å². The molecular weight excluding hydrogens is 314 g/mol. The van der Waals surface area contributed by atoms with Crippen molar-refractivity contribution in [2.45, 2.75) is 59.3 Å². The number of rotatable bonds is 11. The zero-order chi connectivity index (χ0) is 18.5. The highest BCUT2D eigenvalue weighted by Gasteiger charge is 2.14. The molecule has 1 aromatic carbocycles. The molecule has 0 aliphatic rings. The van der Waals surface area contributed by atoms with E-state index < -0.39 is 0 Å². The molecule has 0 aromatic heterocycles. The Hall–Kier alpha value is -2.04. The van der Waals surface area contributed by atoms with Gasteiger partial charge >= 0.3 is 6.03 Å². The van der Waals surface area contributed by atoms with Crippen molar-refractivity contribution < 1.29 is 9.59 Å². The molecule has 0 radical (unpaired) electrons. The number of amides is 3. The second-order valence-electron chi connectivity index (χ2n) is 6.47. The molecular formula is C20H33N3O2. The Balaban J connectivity index is 2.43. The molecule has 0 atom stereocenters. The first-order valence-corrected chi connectivity index (χ1v) is 9.46. The molecule has 25 heavy (non-hydrogen) atoms. The third kappa shape index (κ3) is 9.13. The van der Waals surface area contributed by atoms with Crippen molar-refractivity contribution in [3.05, 3.63) is 29.8 Å². The Labute approximate surface area is 152 Å². The fourth-order valence-corrected chi connectivity index (χ4v) is 2.63. The number of hydrogen-bond donors (Lipinski definition) is 2. The van der Waals surface area contributed by atoms with Gasteiger partial charge < -0.3 is 15.5 Å². The van der Waals surface area contributed by atoms with Crippen molar-refractivity contribution >= 4 is 17.6 Å². The van der Waals surface area contributed by atoms with Crippen LogP contribution in [-0.2, 0) is 4.79 Å². The summed E-state index contributed by atoms with van der Waals surface area (Å²) in [6.07, 6.45) is 6.55. The van der Waals surface area contributed by atoms with E-state index in [9.17, 15) is 9.59 Å². The minimum atomic E-state index is -0.346. The second-order valence-corrected chi connectivity index (χ2v) is 6.47. The third-order valence-electron chi connectivity index (χ3n) is 4.09. The van der Waals surface area contributed by atoms with Crippen LogP contribution in [0, 0.1) is 6.92 Å². The van der Waals surface area contributed by atoms with E-state index in [1.165, 1.54) is 0 Å². The van der Waals surface area contributed by atoms with E-state index in [0.29, 0.717) is 0 Å². The molecule has 0 fully saturated rings. The first kappa shape index (κ1) is 21.0. The van der Waals surface area contributed by atoms with E-state index in [0.717, 1.165) is 62.9 Å². The molecule has 3 amide bonds. The molecule has 2 N–H and O–H groups in total. The summed E-state index contributed by atoms with van der Waals surface area (Å²) in [5, 5.41) is 5.43. The molecule has 1 rings (SSSR count). The van der Waals surface area contributed by atoms with Crippen LogP contribution in [-0.4, -0.2) is 36.5 Å². The van der Waals surface area contributed by atoms with E-state index in [1.54, 1.807) is 0 Å². The van der Waals surface area contributed by atoms with E-state index in [2.05, 4.69) is 24.5 Å². The van der Waals surface area contributed by atoms with Gasteiger partial charge in [0.25, 0.3) is 0 Å². The maximum Gasteiger partial charge on any atom is 0.319 e. The molecule has 0 saturated carbocycles. The lowest BCUT2D eigenvalue weighted by Gasteiger charge is -2.23. The van der Waals surface area contributed by atoms with Crippen LogP contribution in [0.25, 0.3) is 0 Å². The van der Waals surface area contributed by atoms with Crippen LogP contribution in [0.4, 0.5) is 10.5 Å². The van der Waals surface area contributed by atoms with Gasteiger partial charge in [-0.2, -0.15) is 0 Å². The van der Waals surface area contributed by atoms with Crippen LogP contribution in [0.1, 0.15) is 57.9 Å². The average molecular weight is 348 g/mol. The summed E-state index contributed by atoms with van der Waals surface area (Å²) in [4.78, 5) is 26.3. The lowest BCUT2D eigenvalue weighted by molar-refractivity contribution is -0.130. The normalized spacial score (nSPS) is 10.4. The fourth-order valence-electron chi connectivity index (χ4n) is 2.63. The van der Waals surface area contributed by atoms with Crippen LogP contribution < -0.4 is 10.6 Å². The number of benzene rings is 1. The van der Waals surface area contributed by atoms with Gasteiger partial charge in [0.05, 0.1) is 6.54 Å². The molecule has 0 spiro atoms. The van der Waals surface area contributed by atoms with Crippen molar-refractivity contribution in [1.82, 2.24) is 10.2 Å². The van der Waals surface area contributed by atoms with Crippen molar-refractivity contribution in [2.75, 3.05) is 25.0 Å². The van der Waals surface area contributed by atoms with Gasteiger partial charge in [0.1, 0.15) is 0 Å². The summed E-state index contributed by atoms with van der Waals surface area (Å²) in [5.41, 5.74) is 1.81. The Morgan fingerprint density at radius 1 is 1.00 bits per heavy atom. The van der Waals surface area contributed by atoms with Gasteiger partial charge in [-0.1, -0.05) is 51.7 Å². The third-order valence-corrected chi connectivity index (χ3v) is 4.09. The van der Waals surface area contributed by atoms with Gasteiger partial charge in [-0.25, -0.2) is 4.79 Å². The highest BCUT2D eigenvalue weighted by molar-refractivity contribution is 5.92. The standard InChI is InChI=1S/C20H33N3O2/c1-4-6-8-13-23(14-9-7-5-2)19(24)16-21-20(25)22-18-12-10-11-17(3)15-18/h10-12,15H,4-9,13-14,16H2,1-3H3,(H2,21,22,25). The van der Waals surface area contributed by atoms with Crippen LogP contribution in [0.2, 0.25) is 0 Å². The number of carbonyl (C=O) groups excluding carboxylic acids is 2. The summed E-state index contributed by atoms with van der Waals surface area (Å²) >= 11 is 0. The molecule has 140 valence electrons. The minimum absolute atomic E-state index is 0.00778. The molecule has 5 nitrogen and oxygen atoms in total. The number of carbonyl (C=O) groups is 2. The number of urea groups is 1. The molecule has 0 unspecified atom stereocenters. The lowest BCUT2D eigenvalue weighted by atomic mass is 10.2. The van der Waals surface area contributed by atoms with Crippen molar-refractivity contribution in [2.24, 2.45) is 0 Å². The quantitative estimate of drug-likeness (QED) is 0.585. The van der Waals surface area contributed by atoms with Gasteiger partial charge in [-0.15, -0.1) is 0 Å². The maximum absolute atomic E-state index is 12.4. The average Bonchev–Trinajstić information content (AvgIpc) is 2.58. The number of anilines is 1. The molecule has 5 heteroatoms. The Kier molecular flexibility index (Phi) is 10.4. The fraction of sp³-hybridized carbons (Fsp3) is 0.600. The Morgan fingerprint density at radius 2 is 1.64 bits per heavy atom. The van der Waals surface area contributed by atoms with Gasteiger partial charge in [-0.3, -0.25) is 4.79 Å². The van der Waals surface area contributed by atoms with E-state index in [-0.39, 0.29) is 18.5 Å². The highest BCUT2D eigenvalue weighted by Crippen LogP contribution is 2.09. The second kappa shape index (κ2) is 12.3. The molecule has 0 saturated heterocycles. The highest BCUT2D eigenvalue weighted by atomic mass is 16.2. The van der Waals surface area contributed by atoms with E-state index in [1.807, 2.05) is 36.1 Å². The van der Waals surface area contributed by atoms with E-state index >= 15 is 0 Å². The van der Waals surface area contributed by atoms with Crippen molar-refractivity contribution in [3.8, 4) is 0 Å². The number of nitrogens with zero attached hydrogens (tertiary/aromatic N) is 1. The van der Waals surface area contributed by atoms with Crippen molar-refractivity contribution in [1.29, 1.82) is 0 Å². The zero-order valence-corrected chi connectivity index (χ0v) is 15.9. The van der Waals surface area contributed by atoms with Gasteiger partial charge in [-0.05, 0) is 37.5 Å². The van der Waals surface area contributed by atoms with Gasteiger partial charge in [0.2, 0.25) is 5.91 Å². The topological polar surface area (TPSA) is 61.4 Å².